The number of rotatable bonds is 12. The molecule has 4 heteroatoms. The Balaban J connectivity index is 1.64. The van der Waals surface area contributed by atoms with Gasteiger partial charge in [0.2, 0.25) is 0 Å². The van der Waals surface area contributed by atoms with Crippen LogP contribution in [0.5, 0.6) is 5.75 Å². The normalized spacial score (nSPS) is 22.1. The summed E-state index contributed by atoms with van der Waals surface area (Å²) in [5.74, 6) is 1.41. The average molecular weight is 385 g/mol. The summed E-state index contributed by atoms with van der Waals surface area (Å²) >= 11 is 0. The van der Waals surface area contributed by atoms with Crippen molar-refractivity contribution in [3.8, 4) is 5.75 Å². The van der Waals surface area contributed by atoms with Crippen molar-refractivity contribution in [3.05, 3.63) is 66.5 Å². The molecule has 0 amide bonds. The first-order chi connectivity index (χ1) is 13.4. The Bertz CT molecular complexity index is 697. The largest absolute Gasteiger partial charge is 0.481 e. The quantitative estimate of drug-likeness (QED) is 0.282. The number of allylic oxidation sites excluding steroid dienone is 5. The minimum absolute atomic E-state index is 0.0792. The van der Waals surface area contributed by atoms with Crippen molar-refractivity contribution in [1.29, 1.82) is 0 Å². The van der Waals surface area contributed by atoms with Crippen LogP contribution in [0.4, 0.5) is 0 Å². The van der Waals surface area contributed by atoms with Crippen LogP contribution < -0.4 is 4.74 Å². The summed E-state index contributed by atoms with van der Waals surface area (Å²) in [6.07, 6.45) is 10.5. The third kappa shape index (κ3) is 7.73. The van der Waals surface area contributed by atoms with Gasteiger partial charge in [-0.1, -0.05) is 49.4 Å². The molecule has 1 N–H and O–H groups in total. The van der Waals surface area contributed by atoms with E-state index in [1.165, 1.54) is 5.57 Å². The van der Waals surface area contributed by atoms with Gasteiger partial charge in [-0.05, 0) is 62.1 Å². The second-order valence-corrected chi connectivity index (χ2v) is 7.90. The maximum Gasteiger partial charge on any atom is 0.305 e. The smallest absolute Gasteiger partial charge is 0.305 e. The highest BCUT2D eigenvalue weighted by atomic mass is 16.5. The van der Waals surface area contributed by atoms with Crippen LogP contribution in [0.25, 0.3) is 0 Å². The SMILES string of the molecule is C=C(/C=C\C=C(/C)Oc1ccccc1)C1CC(C)(CCCOCCC(=O)O)C1. The molecule has 1 fully saturated rings. The predicted molar refractivity (Wildman–Crippen MR) is 112 cm³/mol. The molecule has 1 saturated carbocycles. The van der Waals surface area contributed by atoms with Gasteiger partial charge in [0.05, 0.1) is 13.0 Å². The number of hydrogen-bond donors (Lipinski definition) is 1. The second-order valence-electron chi connectivity index (χ2n) is 7.90. The maximum absolute atomic E-state index is 10.4. The van der Waals surface area contributed by atoms with Gasteiger partial charge in [0.25, 0.3) is 0 Å². The Labute approximate surface area is 168 Å². The molecule has 0 bridgehead atoms. The Hall–Kier alpha value is -2.33. The number of carboxylic acids is 1. The standard InChI is InChI=1S/C24H32O4/c1-19(9-7-10-20(2)28-22-11-5-4-6-12-22)21-17-24(3,18-21)14-8-15-27-16-13-23(25)26/h4-7,9-12,21H,1,8,13-18H2,2-3H3,(H,25,26)/b9-7-,20-10+. The van der Waals surface area contributed by atoms with Crippen LogP contribution in [-0.4, -0.2) is 24.3 Å². The number of aliphatic carboxylic acids is 1. The molecule has 1 aliphatic carbocycles. The summed E-state index contributed by atoms with van der Waals surface area (Å²) in [4.78, 5) is 10.4. The first kappa shape index (κ1) is 22.0. The summed E-state index contributed by atoms with van der Waals surface area (Å²) in [7, 11) is 0. The molecule has 1 aliphatic rings. The molecule has 0 aromatic heterocycles. The Morgan fingerprint density at radius 1 is 1.29 bits per heavy atom. The summed E-state index contributed by atoms with van der Waals surface area (Å²) < 4.78 is 11.1. The van der Waals surface area contributed by atoms with E-state index >= 15 is 0 Å². The third-order valence-electron chi connectivity index (χ3n) is 5.20. The lowest BCUT2D eigenvalue weighted by Gasteiger charge is -2.46. The highest BCUT2D eigenvalue weighted by Gasteiger charge is 2.39. The van der Waals surface area contributed by atoms with Gasteiger partial charge in [-0.15, -0.1) is 0 Å². The number of hydrogen-bond acceptors (Lipinski definition) is 3. The van der Waals surface area contributed by atoms with Gasteiger partial charge in [0, 0.05) is 6.61 Å². The van der Waals surface area contributed by atoms with E-state index < -0.39 is 5.97 Å². The number of ether oxygens (including phenoxy) is 2. The zero-order chi connectivity index (χ0) is 20.4. The van der Waals surface area contributed by atoms with Gasteiger partial charge in [-0.3, -0.25) is 4.79 Å². The van der Waals surface area contributed by atoms with Crippen molar-refractivity contribution in [2.75, 3.05) is 13.2 Å². The molecule has 0 aliphatic heterocycles. The van der Waals surface area contributed by atoms with E-state index in [4.69, 9.17) is 14.6 Å². The molecule has 4 nitrogen and oxygen atoms in total. The van der Waals surface area contributed by atoms with E-state index in [0.717, 1.165) is 37.2 Å². The molecule has 152 valence electrons. The van der Waals surface area contributed by atoms with Crippen molar-refractivity contribution in [1.82, 2.24) is 0 Å². The first-order valence-corrected chi connectivity index (χ1v) is 9.94. The number of carbonyl (C=O) groups is 1. The van der Waals surface area contributed by atoms with Crippen LogP contribution in [0.1, 0.15) is 46.0 Å². The number of carboxylic acid groups (broad SMARTS) is 1. The molecule has 1 aromatic carbocycles. The van der Waals surface area contributed by atoms with Gasteiger partial charge in [-0.2, -0.15) is 0 Å². The molecule has 0 radical (unpaired) electrons. The van der Waals surface area contributed by atoms with E-state index in [-0.39, 0.29) is 6.42 Å². The minimum atomic E-state index is -0.808. The van der Waals surface area contributed by atoms with E-state index in [1.807, 2.05) is 49.4 Å². The second kappa shape index (κ2) is 10.9. The Morgan fingerprint density at radius 3 is 2.68 bits per heavy atom. The van der Waals surface area contributed by atoms with Crippen molar-refractivity contribution >= 4 is 5.97 Å². The van der Waals surface area contributed by atoms with E-state index in [9.17, 15) is 4.79 Å². The maximum atomic E-state index is 10.4. The highest BCUT2D eigenvalue weighted by Crippen LogP contribution is 2.51. The molecular weight excluding hydrogens is 352 g/mol. The zero-order valence-corrected chi connectivity index (χ0v) is 17.0. The van der Waals surface area contributed by atoms with Crippen molar-refractivity contribution in [3.63, 3.8) is 0 Å². The van der Waals surface area contributed by atoms with E-state index in [1.54, 1.807) is 0 Å². The van der Waals surface area contributed by atoms with Crippen LogP contribution in [-0.2, 0) is 9.53 Å². The van der Waals surface area contributed by atoms with Gasteiger partial charge >= 0.3 is 5.97 Å². The predicted octanol–water partition coefficient (Wildman–Crippen LogP) is 5.77. The number of benzene rings is 1. The highest BCUT2D eigenvalue weighted by molar-refractivity contribution is 5.66. The third-order valence-corrected chi connectivity index (χ3v) is 5.20. The lowest BCUT2D eigenvalue weighted by Crippen LogP contribution is -2.35. The molecular formula is C24H32O4. The van der Waals surface area contributed by atoms with Crippen LogP contribution >= 0.6 is 0 Å². The van der Waals surface area contributed by atoms with Crippen molar-refractivity contribution in [2.45, 2.75) is 46.0 Å². The van der Waals surface area contributed by atoms with Crippen LogP contribution in [0.3, 0.4) is 0 Å². The lowest BCUT2D eigenvalue weighted by molar-refractivity contribution is -0.138. The average Bonchev–Trinajstić information content (AvgIpc) is 2.62. The monoisotopic (exact) mass is 384 g/mol. The molecule has 0 atom stereocenters. The van der Waals surface area contributed by atoms with Gasteiger partial charge in [-0.25, -0.2) is 0 Å². The van der Waals surface area contributed by atoms with Gasteiger partial charge in [0.15, 0.2) is 0 Å². The fourth-order valence-corrected chi connectivity index (χ4v) is 3.61. The summed E-state index contributed by atoms with van der Waals surface area (Å²) in [5, 5.41) is 8.58. The summed E-state index contributed by atoms with van der Waals surface area (Å²) in [6.45, 7) is 9.42. The summed E-state index contributed by atoms with van der Waals surface area (Å²) in [6, 6.07) is 9.75. The molecule has 1 aromatic rings. The molecule has 0 unspecified atom stereocenters. The molecule has 2 rings (SSSR count). The molecule has 0 saturated heterocycles. The van der Waals surface area contributed by atoms with E-state index in [0.29, 0.717) is 24.5 Å². The van der Waals surface area contributed by atoms with Crippen LogP contribution in [0.15, 0.2) is 66.5 Å². The fraction of sp³-hybridized carbons (Fsp3) is 0.458. The van der Waals surface area contributed by atoms with Gasteiger partial charge < -0.3 is 14.6 Å². The summed E-state index contributed by atoms with van der Waals surface area (Å²) in [5.41, 5.74) is 1.51. The van der Waals surface area contributed by atoms with Crippen molar-refractivity contribution < 1.29 is 19.4 Å². The molecule has 0 heterocycles. The number of para-hydroxylation sites is 1. The Morgan fingerprint density at radius 2 is 2.00 bits per heavy atom. The first-order valence-electron chi connectivity index (χ1n) is 9.94. The molecule has 28 heavy (non-hydrogen) atoms. The van der Waals surface area contributed by atoms with Crippen molar-refractivity contribution in [2.24, 2.45) is 11.3 Å². The van der Waals surface area contributed by atoms with Gasteiger partial charge in [0.1, 0.15) is 11.5 Å². The van der Waals surface area contributed by atoms with Crippen LogP contribution in [0.2, 0.25) is 0 Å². The van der Waals surface area contributed by atoms with E-state index in [2.05, 4.69) is 19.6 Å². The lowest BCUT2D eigenvalue weighted by atomic mass is 9.59. The van der Waals surface area contributed by atoms with Crippen LogP contribution in [0, 0.1) is 11.3 Å². The fourth-order valence-electron chi connectivity index (χ4n) is 3.61. The molecule has 0 spiro atoms. The zero-order valence-electron chi connectivity index (χ0n) is 17.0. The topological polar surface area (TPSA) is 55.8 Å². The minimum Gasteiger partial charge on any atom is -0.481 e. The Kier molecular flexibility index (Phi) is 8.52.